The summed E-state index contributed by atoms with van der Waals surface area (Å²) in [5.74, 6) is 1.04. The summed E-state index contributed by atoms with van der Waals surface area (Å²) >= 11 is 0. The van der Waals surface area contributed by atoms with Crippen molar-refractivity contribution in [3.63, 3.8) is 0 Å². The maximum absolute atomic E-state index is 12.3. The highest BCUT2D eigenvalue weighted by atomic mass is 16.5. The number of anilines is 2. The fourth-order valence-corrected chi connectivity index (χ4v) is 3.07. The Morgan fingerprint density at radius 3 is 2.56 bits per heavy atom. The van der Waals surface area contributed by atoms with Crippen LogP contribution >= 0.6 is 0 Å². The molecule has 1 aliphatic carbocycles. The SMILES string of the molecule is COc1ccc(C)cc1Nc1ncc(C(=O)NC2CCCCC2)cn1. The highest BCUT2D eigenvalue weighted by Gasteiger charge is 2.17. The summed E-state index contributed by atoms with van der Waals surface area (Å²) in [4.78, 5) is 20.8. The van der Waals surface area contributed by atoms with E-state index in [4.69, 9.17) is 4.74 Å². The largest absolute Gasteiger partial charge is 0.495 e. The molecule has 2 N–H and O–H groups in total. The van der Waals surface area contributed by atoms with Gasteiger partial charge in [0.2, 0.25) is 5.95 Å². The highest BCUT2D eigenvalue weighted by molar-refractivity contribution is 5.93. The third kappa shape index (κ3) is 4.47. The van der Waals surface area contributed by atoms with E-state index in [2.05, 4.69) is 20.6 Å². The summed E-state index contributed by atoms with van der Waals surface area (Å²) in [7, 11) is 1.62. The second-order valence-corrected chi connectivity index (χ2v) is 6.43. The molecule has 0 radical (unpaired) electrons. The third-order valence-corrected chi connectivity index (χ3v) is 4.46. The second-order valence-electron chi connectivity index (χ2n) is 6.43. The van der Waals surface area contributed by atoms with Crippen LogP contribution in [0.5, 0.6) is 5.75 Å². The van der Waals surface area contributed by atoms with Crippen LogP contribution in [0.3, 0.4) is 0 Å². The molecule has 1 heterocycles. The van der Waals surface area contributed by atoms with E-state index in [1.54, 1.807) is 19.5 Å². The number of rotatable bonds is 5. The van der Waals surface area contributed by atoms with Gasteiger partial charge in [0, 0.05) is 18.4 Å². The summed E-state index contributed by atoms with van der Waals surface area (Å²) in [5, 5.41) is 6.20. The van der Waals surface area contributed by atoms with Crippen molar-refractivity contribution in [1.82, 2.24) is 15.3 Å². The number of hydrogen-bond donors (Lipinski definition) is 2. The zero-order valence-corrected chi connectivity index (χ0v) is 14.7. The summed E-state index contributed by atoms with van der Waals surface area (Å²) in [6.07, 6.45) is 8.84. The number of hydrogen-bond acceptors (Lipinski definition) is 5. The molecule has 3 rings (SSSR count). The maximum atomic E-state index is 12.3. The Bertz CT molecular complexity index is 725. The fraction of sp³-hybridized carbons (Fsp3) is 0.421. The van der Waals surface area contributed by atoms with Gasteiger partial charge in [0.15, 0.2) is 0 Å². The van der Waals surface area contributed by atoms with Gasteiger partial charge in [-0.15, -0.1) is 0 Å². The minimum Gasteiger partial charge on any atom is -0.495 e. The molecule has 6 heteroatoms. The third-order valence-electron chi connectivity index (χ3n) is 4.46. The lowest BCUT2D eigenvalue weighted by molar-refractivity contribution is 0.0927. The Labute approximate surface area is 148 Å². The molecule has 1 amide bonds. The number of ether oxygens (including phenoxy) is 1. The maximum Gasteiger partial charge on any atom is 0.254 e. The first kappa shape index (κ1) is 17.2. The van der Waals surface area contributed by atoms with Gasteiger partial charge in [-0.25, -0.2) is 9.97 Å². The van der Waals surface area contributed by atoms with Crippen molar-refractivity contribution < 1.29 is 9.53 Å². The van der Waals surface area contributed by atoms with E-state index in [1.165, 1.54) is 19.3 Å². The number of aromatic nitrogens is 2. The van der Waals surface area contributed by atoms with E-state index in [0.29, 0.717) is 17.3 Å². The number of carbonyl (C=O) groups is 1. The van der Waals surface area contributed by atoms with Crippen molar-refractivity contribution >= 4 is 17.5 Å². The van der Waals surface area contributed by atoms with Crippen LogP contribution in [0.1, 0.15) is 48.0 Å². The van der Waals surface area contributed by atoms with Gasteiger partial charge >= 0.3 is 0 Å². The summed E-state index contributed by atoms with van der Waals surface area (Å²) < 4.78 is 5.34. The van der Waals surface area contributed by atoms with E-state index in [-0.39, 0.29) is 11.9 Å². The smallest absolute Gasteiger partial charge is 0.254 e. The summed E-state index contributed by atoms with van der Waals surface area (Å²) in [5.41, 5.74) is 2.38. The number of nitrogens with zero attached hydrogens (tertiary/aromatic N) is 2. The molecule has 1 fully saturated rings. The highest BCUT2D eigenvalue weighted by Crippen LogP contribution is 2.27. The van der Waals surface area contributed by atoms with Gasteiger partial charge < -0.3 is 15.4 Å². The number of carbonyl (C=O) groups excluding carboxylic acids is 1. The first-order valence-corrected chi connectivity index (χ1v) is 8.70. The molecule has 2 aromatic rings. The van der Waals surface area contributed by atoms with Crippen LogP contribution in [0.25, 0.3) is 0 Å². The number of nitrogens with one attached hydrogen (secondary N) is 2. The average molecular weight is 340 g/mol. The lowest BCUT2D eigenvalue weighted by Crippen LogP contribution is -2.36. The molecule has 0 unspecified atom stereocenters. The Kier molecular flexibility index (Phi) is 5.48. The molecule has 0 atom stereocenters. The molecule has 0 saturated heterocycles. The minimum atomic E-state index is -0.105. The average Bonchev–Trinajstić information content (AvgIpc) is 2.63. The van der Waals surface area contributed by atoms with Gasteiger partial charge in [-0.2, -0.15) is 0 Å². The van der Waals surface area contributed by atoms with Crippen LogP contribution in [0.15, 0.2) is 30.6 Å². The fourth-order valence-electron chi connectivity index (χ4n) is 3.07. The monoisotopic (exact) mass is 340 g/mol. The Morgan fingerprint density at radius 2 is 1.88 bits per heavy atom. The van der Waals surface area contributed by atoms with Gasteiger partial charge in [0.05, 0.1) is 18.4 Å². The molecule has 1 aliphatic rings. The number of methoxy groups -OCH3 is 1. The molecule has 6 nitrogen and oxygen atoms in total. The first-order chi connectivity index (χ1) is 12.2. The van der Waals surface area contributed by atoms with Crippen molar-refractivity contribution in [3.05, 3.63) is 41.7 Å². The van der Waals surface area contributed by atoms with Crippen molar-refractivity contribution in [2.24, 2.45) is 0 Å². The number of aryl methyl sites for hydroxylation is 1. The molecular weight excluding hydrogens is 316 g/mol. The van der Waals surface area contributed by atoms with E-state index in [9.17, 15) is 4.79 Å². The Morgan fingerprint density at radius 1 is 1.16 bits per heavy atom. The van der Waals surface area contributed by atoms with Gasteiger partial charge in [-0.1, -0.05) is 25.3 Å². The van der Waals surface area contributed by atoms with Crippen molar-refractivity contribution in [1.29, 1.82) is 0 Å². The predicted octanol–water partition coefficient (Wildman–Crippen LogP) is 3.60. The second kappa shape index (κ2) is 7.96. The summed E-state index contributed by atoms with van der Waals surface area (Å²) in [6, 6.07) is 6.11. The standard InChI is InChI=1S/C19H24N4O2/c1-13-8-9-17(25-2)16(10-13)23-19-20-11-14(12-21-19)18(24)22-15-6-4-3-5-7-15/h8-12,15H,3-7H2,1-2H3,(H,22,24)(H,20,21,23). The van der Waals surface area contributed by atoms with E-state index in [1.807, 2.05) is 25.1 Å². The minimum absolute atomic E-state index is 0.105. The molecule has 1 aromatic heterocycles. The predicted molar refractivity (Wildman–Crippen MR) is 97.4 cm³/mol. The van der Waals surface area contributed by atoms with Crippen LogP contribution in [0.2, 0.25) is 0 Å². The van der Waals surface area contributed by atoms with Crippen molar-refractivity contribution in [2.45, 2.75) is 45.1 Å². The van der Waals surface area contributed by atoms with E-state index < -0.39 is 0 Å². The van der Waals surface area contributed by atoms with Crippen molar-refractivity contribution in [3.8, 4) is 5.75 Å². The van der Waals surface area contributed by atoms with Crippen LogP contribution in [-0.2, 0) is 0 Å². The molecule has 0 bridgehead atoms. The van der Waals surface area contributed by atoms with Gasteiger partial charge in [0.25, 0.3) is 5.91 Å². The molecule has 0 aliphatic heterocycles. The normalized spacial score (nSPS) is 14.8. The van der Waals surface area contributed by atoms with Gasteiger partial charge in [-0.05, 0) is 37.5 Å². The molecular formula is C19H24N4O2. The first-order valence-electron chi connectivity index (χ1n) is 8.70. The van der Waals surface area contributed by atoms with Crippen LogP contribution < -0.4 is 15.4 Å². The van der Waals surface area contributed by atoms with Crippen LogP contribution in [-0.4, -0.2) is 29.0 Å². The summed E-state index contributed by atoms with van der Waals surface area (Å²) in [6.45, 7) is 2.00. The van der Waals surface area contributed by atoms with E-state index in [0.717, 1.165) is 24.1 Å². The molecule has 0 spiro atoms. The number of amides is 1. The Balaban J connectivity index is 1.65. The van der Waals surface area contributed by atoms with Gasteiger partial charge in [-0.3, -0.25) is 4.79 Å². The molecule has 1 saturated carbocycles. The topological polar surface area (TPSA) is 76.1 Å². The van der Waals surface area contributed by atoms with E-state index >= 15 is 0 Å². The number of benzene rings is 1. The lowest BCUT2D eigenvalue weighted by atomic mass is 9.95. The van der Waals surface area contributed by atoms with Crippen LogP contribution in [0, 0.1) is 6.92 Å². The van der Waals surface area contributed by atoms with Crippen LogP contribution in [0.4, 0.5) is 11.6 Å². The zero-order valence-electron chi connectivity index (χ0n) is 14.7. The lowest BCUT2D eigenvalue weighted by Gasteiger charge is -2.22. The zero-order chi connectivity index (χ0) is 17.6. The quantitative estimate of drug-likeness (QED) is 0.870. The van der Waals surface area contributed by atoms with Crippen molar-refractivity contribution in [2.75, 3.05) is 12.4 Å². The molecule has 1 aromatic carbocycles. The van der Waals surface area contributed by atoms with Gasteiger partial charge in [0.1, 0.15) is 5.75 Å². The Hall–Kier alpha value is -2.63. The molecule has 25 heavy (non-hydrogen) atoms. The molecule has 132 valence electrons.